The molecule has 0 bridgehead atoms. The van der Waals surface area contributed by atoms with Crippen LogP contribution >= 0.6 is 0 Å². The van der Waals surface area contributed by atoms with Crippen molar-refractivity contribution in [1.29, 1.82) is 0 Å². The number of benzene rings is 2. The summed E-state index contributed by atoms with van der Waals surface area (Å²) < 4.78 is 0. The van der Waals surface area contributed by atoms with E-state index in [9.17, 15) is 14.4 Å². The van der Waals surface area contributed by atoms with Gasteiger partial charge in [0.25, 0.3) is 5.91 Å². The van der Waals surface area contributed by atoms with E-state index in [1.807, 2.05) is 18.2 Å². The molecular formula is C25H28N2O3. The average Bonchev–Trinajstić information content (AvgIpc) is 2.96. The van der Waals surface area contributed by atoms with Crippen LogP contribution in [0.3, 0.4) is 0 Å². The molecule has 0 spiro atoms. The third-order valence-electron chi connectivity index (χ3n) is 6.33. The SMILES string of the molecule is CC1(C)CCc2ccccc2[C@H](NC(=O)c2ccc(C[C@H]3CC(=O)NC3=O)cc2)C1. The van der Waals surface area contributed by atoms with Crippen LogP contribution in [0.15, 0.2) is 48.5 Å². The van der Waals surface area contributed by atoms with Crippen LogP contribution in [-0.2, 0) is 22.4 Å². The Morgan fingerprint density at radius 1 is 1.10 bits per heavy atom. The van der Waals surface area contributed by atoms with Crippen molar-refractivity contribution in [2.75, 3.05) is 0 Å². The molecule has 1 fully saturated rings. The van der Waals surface area contributed by atoms with Gasteiger partial charge in [-0.2, -0.15) is 0 Å². The van der Waals surface area contributed by atoms with Gasteiger partial charge in [-0.1, -0.05) is 50.2 Å². The molecule has 2 N–H and O–H groups in total. The van der Waals surface area contributed by atoms with Crippen molar-refractivity contribution in [3.63, 3.8) is 0 Å². The minimum Gasteiger partial charge on any atom is -0.345 e. The molecule has 5 nitrogen and oxygen atoms in total. The van der Waals surface area contributed by atoms with Crippen molar-refractivity contribution in [2.24, 2.45) is 11.3 Å². The van der Waals surface area contributed by atoms with Crippen LogP contribution < -0.4 is 10.6 Å². The van der Waals surface area contributed by atoms with Gasteiger partial charge < -0.3 is 5.32 Å². The molecule has 2 atom stereocenters. The van der Waals surface area contributed by atoms with E-state index >= 15 is 0 Å². The topological polar surface area (TPSA) is 75.3 Å². The van der Waals surface area contributed by atoms with Crippen LogP contribution in [0.25, 0.3) is 0 Å². The number of hydrogen-bond donors (Lipinski definition) is 2. The minimum atomic E-state index is -0.318. The highest BCUT2D eigenvalue weighted by atomic mass is 16.2. The van der Waals surface area contributed by atoms with E-state index in [4.69, 9.17) is 0 Å². The van der Waals surface area contributed by atoms with Gasteiger partial charge in [-0.05, 0) is 59.9 Å². The van der Waals surface area contributed by atoms with Crippen LogP contribution in [0, 0.1) is 11.3 Å². The molecule has 4 rings (SSSR count). The molecule has 156 valence electrons. The molecule has 3 amide bonds. The second-order valence-corrected chi connectivity index (χ2v) is 9.31. The second-order valence-electron chi connectivity index (χ2n) is 9.31. The van der Waals surface area contributed by atoms with Gasteiger partial charge in [-0.15, -0.1) is 0 Å². The van der Waals surface area contributed by atoms with Crippen molar-refractivity contribution in [1.82, 2.24) is 10.6 Å². The van der Waals surface area contributed by atoms with Crippen molar-refractivity contribution in [2.45, 2.75) is 52.0 Å². The van der Waals surface area contributed by atoms with Crippen LogP contribution in [0.1, 0.15) is 66.2 Å². The smallest absolute Gasteiger partial charge is 0.251 e. The number of amides is 3. The Morgan fingerprint density at radius 2 is 1.83 bits per heavy atom. The number of hydrogen-bond acceptors (Lipinski definition) is 3. The fourth-order valence-electron chi connectivity index (χ4n) is 4.56. The van der Waals surface area contributed by atoms with Gasteiger partial charge in [0.15, 0.2) is 0 Å². The molecule has 1 aliphatic carbocycles. The van der Waals surface area contributed by atoms with E-state index in [1.54, 1.807) is 12.1 Å². The zero-order valence-corrected chi connectivity index (χ0v) is 17.5. The third kappa shape index (κ3) is 4.45. The third-order valence-corrected chi connectivity index (χ3v) is 6.33. The maximum atomic E-state index is 13.0. The van der Waals surface area contributed by atoms with Gasteiger partial charge in [-0.3, -0.25) is 19.7 Å². The lowest BCUT2D eigenvalue weighted by Gasteiger charge is -2.27. The zero-order valence-electron chi connectivity index (χ0n) is 17.5. The number of imide groups is 1. The average molecular weight is 405 g/mol. The molecule has 2 aromatic carbocycles. The van der Waals surface area contributed by atoms with E-state index in [2.05, 4.69) is 42.7 Å². The number of carbonyl (C=O) groups is 3. The normalized spacial score (nSPS) is 22.7. The summed E-state index contributed by atoms with van der Waals surface area (Å²) in [7, 11) is 0. The highest BCUT2D eigenvalue weighted by molar-refractivity contribution is 6.03. The van der Waals surface area contributed by atoms with Crippen LogP contribution in [0.2, 0.25) is 0 Å². The molecule has 2 aliphatic rings. The Labute approximate surface area is 177 Å². The number of aryl methyl sites for hydroxylation is 1. The Balaban J connectivity index is 1.47. The van der Waals surface area contributed by atoms with Crippen molar-refractivity contribution in [3.05, 3.63) is 70.8 Å². The van der Waals surface area contributed by atoms with Gasteiger partial charge in [0.05, 0.1) is 12.0 Å². The molecule has 0 aromatic heterocycles. The molecule has 2 aromatic rings. The molecule has 5 heteroatoms. The standard InChI is InChI=1S/C25H28N2O3/c1-25(2)12-11-17-5-3-4-6-20(17)21(15-25)26-23(29)18-9-7-16(8-10-18)13-19-14-22(28)27-24(19)30/h3-10,19,21H,11-15H2,1-2H3,(H,26,29)(H,27,28,30)/t19-,21+/m0/s1. The van der Waals surface area contributed by atoms with Crippen molar-refractivity contribution in [3.8, 4) is 0 Å². The number of fused-ring (bicyclic) bond motifs is 1. The van der Waals surface area contributed by atoms with Crippen LogP contribution in [0.4, 0.5) is 0 Å². The quantitative estimate of drug-likeness (QED) is 0.602. The Morgan fingerprint density at radius 3 is 2.53 bits per heavy atom. The molecule has 0 unspecified atom stereocenters. The summed E-state index contributed by atoms with van der Waals surface area (Å²) in [5.74, 6) is -0.834. The highest BCUT2D eigenvalue weighted by Gasteiger charge is 2.31. The highest BCUT2D eigenvalue weighted by Crippen LogP contribution is 2.39. The maximum Gasteiger partial charge on any atom is 0.251 e. The Hall–Kier alpha value is -2.95. The predicted molar refractivity (Wildman–Crippen MR) is 115 cm³/mol. The lowest BCUT2D eigenvalue weighted by Crippen LogP contribution is -2.31. The lowest BCUT2D eigenvalue weighted by atomic mass is 9.83. The Kier molecular flexibility index (Phi) is 5.46. The molecule has 1 heterocycles. The van der Waals surface area contributed by atoms with Crippen molar-refractivity contribution >= 4 is 17.7 Å². The summed E-state index contributed by atoms with van der Waals surface area (Å²) in [5, 5.41) is 5.58. The van der Waals surface area contributed by atoms with E-state index in [0.29, 0.717) is 12.0 Å². The molecule has 1 aliphatic heterocycles. The fraction of sp³-hybridized carbons (Fsp3) is 0.400. The summed E-state index contributed by atoms with van der Waals surface area (Å²) >= 11 is 0. The monoisotopic (exact) mass is 404 g/mol. The van der Waals surface area contributed by atoms with Crippen LogP contribution in [-0.4, -0.2) is 17.7 Å². The molecule has 1 saturated heterocycles. The summed E-state index contributed by atoms with van der Waals surface area (Å²) in [4.78, 5) is 36.1. The largest absolute Gasteiger partial charge is 0.345 e. The Bertz CT molecular complexity index is 978. The molecular weight excluding hydrogens is 376 g/mol. The van der Waals surface area contributed by atoms with Crippen molar-refractivity contribution < 1.29 is 14.4 Å². The van der Waals surface area contributed by atoms with E-state index in [1.165, 1.54) is 11.1 Å². The fourth-order valence-corrected chi connectivity index (χ4v) is 4.56. The number of carbonyl (C=O) groups excluding carboxylic acids is 3. The maximum absolute atomic E-state index is 13.0. The number of nitrogens with one attached hydrogen (secondary N) is 2. The molecule has 30 heavy (non-hydrogen) atoms. The minimum absolute atomic E-state index is 0.0147. The van der Waals surface area contributed by atoms with E-state index in [0.717, 1.165) is 24.8 Å². The number of rotatable bonds is 4. The summed E-state index contributed by atoms with van der Waals surface area (Å²) in [5.41, 5.74) is 4.23. The van der Waals surface area contributed by atoms with E-state index in [-0.39, 0.29) is 41.5 Å². The van der Waals surface area contributed by atoms with E-state index < -0.39 is 0 Å². The second kappa shape index (κ2) is 8.05. The zero-order chi connectivity index (χ0) is 21.3. The first-order valence-electron chi connectivity index (χ1n) is 10.6. The van der Waals surface area contributed by atoms with Gasteiger partial charge in [0.2, 0.25) is 11.8 Å². The first kappa shape index (κ1) is 20.3. The van der Waals surface area contributed by atoms with Gasteiger partial charge in [0, 0.05) is 12.0 Å². The van der Waals surface area contributed by atoms with Crippen LogP contribution in [0.5, 0.6) is 0 Å². The first-order valence-corrected chi connectivity index (χ1v) is 10.6. The first-order chi connectivity index (χ1) is 14.3. The predicted octanol–water partition coefficient (Wildman–Crippen LogP) is 3.73. The lowest BCUT2D eigenvalue weighted by molar-refractivity contribution is -0.125. The summed E-state index contributed by atoms with van der Waals surface area (Å²) in [6.45, 7) is 4.52. The van der Waals surface area contributed by atoms with Gasteiger partial charge in [-0.25, -0.2) is 0 Å². The van der Waals surface area contributed by atoms with Gasteiger partial charge >= 0.3 is 0 Å². The van der Waals surface area contributed by atoms with Gasteiger partial charge in [0.1, 0.15) is 0 Å². The molecule has 0 radical (unpaired) electrons. The summed E-state index contributed by atoms with van der Waals surface area (Å²) in [6, 6.07) is 15.7. The molecule has 0 saturated carbocycles. The summed E-state index contributed by atoms with van der Waals surface area (Å²) in [6.07, 6.45) is 3.77.